The zero-order valence-electron chi connectivity index (χ0n) is 15.6. The number of amides is 3. The molecule has 2 atom stereocenters. The van der Waals surface area contributed by atoms with Crippen molar-refractivity contribution >= 4 is 55.3 Å². The van der Waals surface area contributed by atoms with E-state index in [4.69, 9.17) is 0 Å². The van der Waals surface area contributed by atoms with Gasteiger partial charge in [0.2, 0.25) is 5.91 Å². The summed E-state index contributed by atoms with van der Waals surface area (Å²) in [5.74, 6) is -2.00. The van der Waals surface area contributed by atoms with Crippen LogP contribution < -0.4 is 10.2 Å². The second kappa shape index (κ2) is 8.53. The van der Waals surface area contributed by atoms with Crippen molar-refractivity contribution in [2.75, 3.05) is 4.90 Å². The fourth-order valence-electron chi connectivity index (χ4n) is 3.52. The molecule has 0 aliphatic carbocycles. The molecule has 1 N–H and O–H groups in total. The van der Waals surface area contributed by atoms with Crippen LogP contribution in [-0.4, -0.2) is 17.7 Å². The maximum absolute atomic E-state index is 13.5. The number of halogens is 2. The third-order valence-electron chi connectivity index (χ3n) is 4.94. The number of hydrogen-bond donors (Lipinski definition) is 1. The van der Waals surface area contributed by atoms with Gasteiger partial charge in [-0.25, -0.2) is 9.69 Å². The van der Waals surface area contributed by atoms with Crippen molar-refractivity contribution in [3.8, 4) is 0 Å². The lowest BCUT2D eigenvalue weighted by Crippen LogP contribution is -2.58. The molecule has 4 rings (SSSR count). The van der Waals surface area contributed by atoms with E-state index in [1.54, 1.807) is 72.8 Å². The largest absolute Gasteiger partial charge is 0.329 e. The number of Topliss-reactive ketones (excluding diaryl/α,β-unsaturated/α-hetero) is 1. The predicted molar refractivity (Wildman–Crippen MR) is 121 cm³/mol. The van der Waals surface area contributed by atoms with Crippen molar-refractivity contribution in [3.05, 3.63) is 98.9 Å². The van der Waals surface area contributed by atoms with Crippen molar-refractivity contribution in [3.63, 3.8) is 0 Å². The first kappa shape index (κ1) is 20.5. The van der Waals surface area contributed by atoms with Gasteiger partial charge < -0.3 is 5.32 Å². The molecule has 1 aliphatic rings. The van der Waals surface area contributed by atoms with Crippen LogP contribution in [0.25, 0.3) is 0 Å². The lowest BCUT2D eigenvalue weighted by molar-refractivity contribution is -0.121. The lowest BCUT2D eigenvalue weighted by atomic mass is 9.84. The van der Waals surface area contributed by atoms with Gasteiger partial charge in [-0.1, -0.05) is 74.3 Å². The Labute approximate surface area is 190 Å². The number of rotatable bonds is 4. The quantitative estimate of drug-likeness (QED) is 0.359. The highest BCUT2D eigenvalue weighted by atomic mass is 79.9. The zero-order valence-corrected chi connectivity index (χ0v) is 18.8. The Morgan fingerprint density at radius 1 is 0.833 bits per heavy atom. The normalized spacial score (nSPS) is 18.8. The van der Waals surface area contributed by atoms with Gasteiger partial charge in [-0.15, -0.1) is 0 Å². The van der Waals surface area contributed by atoms with Crippen molar-refractivity contribution < 1.29 is 14.4 Å². The smallest absolute Gasteiger partial charge is 0.329 e. The molecular formula is C23H16Br2N2O3. The minimum absolute atomic E-state index is 0.349. The number of urea groups is 1. The Bertz CT molecular complexity index is 1120. The molecule has 150 valence electrons. The Kier molecular flexibility index (Phi) is 5.83. The number of ketones is 1. The fraction of sp³-hybridized carbons (Fsp3) is 0.0870. The summed E-state index contributed by atoms with van der Waals surface area (Å²) in [4.78, 5) is 40.9. The molecule has 3 amide bonds. The highest BCUT2D eigenvalue weighted by Crippen LogP contribution is 2.34. The van der Waals surface area contributed by atoms with Crippen LogP contribution in [0.2, 0.25) is 0 Å². The first-order chi connectivity index (χ1) is 14.5. The number of nitrogens with one attached hydrogen (secondary N) is 1. The van der Waals surface area contributed by atoms with Crippen LogP contribution in [0.5, 0.6) is 0 Å². The third-order valence-corrected chi connectivity index (χ3v) is 5.96. The third kappa shape index (κ3) is 3.95. The van der Waals surface area contributed by atoms with Crippen LogP contribution in [0.1, 0.15) is 22.0 Å². The summed E-state index contributed by atoms with van der Waals surface area (Å²) in [5, 5.41) is 2.87. The first-order valence-electron chi connectivity index (χ1n) is 9.20. The highest BCUT2D eigenvalue weighted by molar-refractivity contribution is 9.10. The van der Waals surface area contributed by atoms with Crippen LogP contribution in [0.15, 0.2) is 87.8 Å². The number of carbonyl (C=O) groups excluding carboxylic acids is 3. The van der Waals surface area contributed by atoms with Gasteiger partial charge in [-0.2, -0.15) is 0 Å². The van der Waals surface area contributed by atoms with Gasteiger partial charge in [0, 0.05) is 14.5 Å². The standard InChI is InChI=1S/C23H16Br2N2O3/c24-16-11-9-14(10-12-16)21(28)19-20(15-5-4-6-17(25)13-15)26-23(30)27(22(19)29)18-7-2-1-3-8-18/h1-13,19-20H,(H,26,30). The second-order valence-corrected chi connectivity index (χ2v) is 8.67. The van der Waals surface area contributed by atoms with Crippen LogP contribution >= 0.6 is 31.9 Å². The molecule has 1 aliphatic heterocycles. The maximum Gasteiger partial charge on any atom is 0.329 e. The molecule has 0 bridgehead atoms. The Morgan fingerprint density at radius 3 is 2.20 bits per heavy atom. The van der Waals surface area contributed by atoms with Gasteiger partial charge >= 0.3 is 6.03 Å². The van der Waals surface area contributed by atoms with Crippen LogP contribution in [-0.2, 0) is 4.79 Å². The molecule has 1 fully saturated rings. The molecule has 0 aromatic heterocycles. The Hall–Kier alpha value is -2.77. The number of imide groups is 1. The Balaban J connectivity index is 1.80. The molecule has 7 heteroatoms. The van der Waals surface area contributed by atoms with Gasteiger partial charge in [-0.05, 0) is 42.0 Å². The monoisotopic (exact) mass is 526 g/mol. The minimum Gasteiger partial charge on any atom is -0.329 e. The van der Waals surface area contributed by atoms with E-state index in [1.165, 1.54) is 0 Å². The van der Waals surface area contributed by atoms with E-state index >= 15 is 0 Å². The van der Waals surface area contributed by atoms with Crippen molar-refractivity contribution in [1.29, 1.82) is 0 Å². The molecule has 5 nitrogen and oxygen atoms in total. The van der Waals surface area contributed by atoms with E-state index in [0.717, 1.165) is 13.8 Å². The van der Waals surface area contributed by atoms with Gasteiger partial charge in [0.25, 0.3) is 0 Å². The summed E-state index contributed by atoms with van der Waals surface area (Å²) in [6.07, 6.45) is 0. The predicted octanol–water partition coefficient (Wildman–Crippen LogP) is 5.51. The topological polar surface area (TPSA) is 66.5 Å². The second-order valence-electron chi connectivity index (χ2n) is 6.84. The van der Waals surface area contributed by atoms with E-state index in [1.807, 2.05) is 6.07 Å². The van der Waals surface area contributed by atoms with Gasteiger partial charge in [0.05, 0.1) is 11.7 Å². The molecule has 0 radical (unpaired) electrons. The van der Waals surface area contributed by atoms with Gasteiger partial charge in [-0.3, -0.25) is 9.59 Å². The molecule has 0 spiro atoms. The number of anilines is 1. The number of benzene rings is 3. The van der Waals surface area contributed by atoms with Crippen LogP contribution in [0, 0.1) is 5.92 Å². The molecule has 3 aromatic carbocycles. The molecule has 3 aromatic rings. The van der Waals surface area contributed by atoms with Crippen molar-refractivity contribution in [1.82, 2.24) is 5.32 Å². The Morgan fingerprint density at radius 2 is 1.53 bits per heavy atom. The summed E-state index contributed by atoms with van der Waals surface area (Å²) >= 11 is 6.78. The van der Waals surface area contributed by atoms with E-state index in [0.29, 0.717) is 16.8 Å². The van der Waals surface area contributed by atoms with E-state index in [9.17, 15) is 14.4 Å². The van der Waals surface area contributed by atoms with Gasteiger partial charge in [0.1, 0.15) is 5.92 Å². The molecule has 30 heavy (non-hydrogen) atoms. The van der Waals surface area contributed by atoms with E-state index in [2.05, 4.69) is 37.2 Å². The van der Waals surface area contributed by atoms with Crippen LogP contribution in [0.3, 0.4) is 0 Å². The van der Waals surface area contributed by atoms with Crippen molar-refractivity contribution in [2.45, 2.75) is 6.04 Å². The summed E-state index contributed by atoms with van der Waals surface area (Å²) in [6.45, 7) is 0. The number of para-hydroxylation sites is 1. The van der Waals surface area contributed by atoms with Gasteiger partial charge in [0.15, 0.2) is 5.78 Å². The summed E-state index contributed by atoms with van der Waals surface area (Å²) in [7, 11) is 0. The number of hydrogen-bond acceptors (Lipinski definition) is 3. The SMILES string of the molecule is O=C(c1ccc(Br)cc1)C1C(=O)N(c2ccccc2)C(=O)NC1c1cccc(Br)c1. The molecule has 1 saturated heterocycles. The summed E-state index contributed by atoms with van der Waals surface area (Å²) < 4.78 is 1.62. The maximum atomic E-state index is 13.5. The van der Waals surface area contributed by atoms with Crippen LogP contribution in [0.4, 0.5) is 10.5 Å². The highest BCUT2D eigenvalue weighted by Gasteiger charge is 2.46. The average molecular weight is 528 g/mol. The number of carbonyl (C=O) groups is 3. The lowest BCUT2D eigenvalue weighted by Gasteiger charge is -2.37. The summed E-state index contributed by atoms with van der Waals surface area (Å²) in [6, 6.07) is 21.4. The zero-order chi connectivity index (χ0) is 21.3. The minimum atomic E-state index is -1.10. The van der Waals surface area contributed by atoms with Crippen molar-refractivity contribution in [2.24, 2.45) is 5.92 Å². The first-order valence-corrected chi connectivity index (χ1v) is 10.8. The molecule has 0 saturated carbocycles. The number of nitrogens with zero attached hydrogens (tertiary/aromatic N) is 1. The molecular weight excluding hydrogens is 512 g/mol. The van der Waals surface area contributed by atoms with E-state index < -0.39 is 23.9 Å². The average Bonchev–Trinajstić information content (AvgIpc) is 2.74. The van der Waals surface area contributed by atoms with E-state index in [-0.39, 0.29) is 5.78 Å². The molecule has 2 unspecified atom stereocenters. The molecule has 1 heterocycles. The summed E-state index contributed by atoms with van der Waals surface area (Å²) in [5.41, 5.74) is 1.50. The fourth-order valence-corrected chi connectivity index (χ4v) is 4.20.